The SMILES string of the molecule is COc1ccc(C=O)cc1OC(=O)c1ccccc1F. The second kappa shape index (κ2) is 5.97. The van der Waals surface area contributed by atoms with Crippen LogP contribution in [-0.2, 0) is 0 Å². The average Bonchev–Trinajstić information content (AvgIpc) is 2.47. The summed E-state index contributed by atoms with van der Waals surface area (Å²) in [6.45, 7) is 0. The van der Waals surface area contributed by atoms with Gasteiger partial charge in [-0.2, -0.15) is 0 Å². The Morgan fingerprint density at radius 1 is 1.15 bits per heavy atom. The zero-order valence-corrected chi connectivity index (χ0v) is 10.6. The van der Waals surface area contributed by atoms with Gasteiger partial charge in [-0.25, -0.2) is 9.18 Å². The van der Waals surface area contributed by atoms with Crippen LogP contribution in [0.15, 0.2) is 42.5 Å². The summed E-state index contributed by atoms with van der Waals surface area (Å²) in [5.41, 5.74) is 0.133. The van der Waals surface area contributed by atoms with Crippen molar-refractivity contribution in [1.82, 2.24) is 0 Å². The maximum Gasteiger partial charge on any atom is 0.346 e. The molecular weight excluding hydrogens is 263 g/mol. The van der Waals surface area contributed by atoms with Gasteiger partial charge < -0.3 is 9.47 Å². The van der Waals surface area contributed by atoms with Crippen molar-refractivity contribution in [2.24, 2.45) is 0 Å². The van der Waals surface area contributed by atoms with Crippen LogP contribution in [0.2, 0.25) is 0 Å². The lowest BCUT2D eigenvalue weighted by Gasteiger charge is -2.09. The van der Waals surface area contributed by atoms with Crippen LogP contribution in [0.4, 0.5) is 4.39 Å². The third-order valence-corrected chi connectivity index (χ3v) is 2.62. The number of benzene rings is 2. The lowest BCUT2D eigenvalue weighted by atomic mass is 10.2. The Labute approximate surface area is 114 Å². The smallest absolute Gasteiger partial charge is 0.346 e. The lowest BCUT2D eigenvalue weighted by molar-refractivity contribution is 0.0724. The molecule has 0 saturated carbocycles. The molecule has 102 valence electrons. The number of carbonyl (C=O) groups excluding carboxylic acids is 2. The van der Waals surface area contributed by atoms with E-state index < -0.39 is 11.8 Å². The van der Waals surface area contributed by atoms with Crippen molar-refractivity contribution in [3.63, 3.8) is 0 Å². The molecule has 0 amide bonds. The quantitative estimate of drug-likeness (QED) is 0.488. The van der Waals surface area contributed by atoms with E-state index in [-0.39, 0.29) is 17.1 Å². The van der Waals surface area contributed by atoms with Crippen LogP contribution in [0.3, 0.4) is 0 Å². The monoisotopic (exact) mass is 274 g/mol. The summed E-state index contributed by atoms with van der Waals surface area (Å²) in [6.07, 6.45) is 0.611. The van der Waals surface area contributed by atoms with E-state index in [1.807, 2.05) is 0 Å². The third kappa shape index (κ3) is 2.83. The molecule has 0 heterocycles. The minimum absolute atomic E-state index is 0.0605. The summed E-state index contributed by atoms with van der Waals surface area (Å²) in [5, 5.41) is 0. The number of halogens is 1. The van der Waals surface area contributed by atoms with Crippen LogP contribution in [0.5, 0.6) is 11.5 Å². The average molecular weight is 274 g/mol. The number of hydrogen-bond donors (Lipinski definition) is 0. The maximum absolute atomic E-state index is 13.5. The fourth-order valence-corrected chi connectivity index (χ4v) is 1.63. The molecule has 0 aromatic heterocycles. The van der Waals surface area contributed by atoms with Crippen molar-refractivity contribution in [1.29, 1.82) is 0 Å². The molecule has 0 unspecified atom stereocenters. The molecule has 0 fully saturated rings. The van der Waals surface area contributed by atoms with Crippen LogP contribution in [0, 0.1) is 5.82 Å². The number of carbonyl (C=O) groups is 2. The largest absolute Gasteiger partial charge is 0.493 e. The van der Waals surface area contributed by atoms with Crippen LogP contribution in [0.25, 0.3) is 0 Å². The molecule has 0 aliphatic rings. The minimum atomic E-state index is -0.857. The molecule has 5 heteroatoms. The number of hydrogen-bond acceptors (Lipinski definition) is 4. The lowest BCUT2D eigenvalue weighted by Crippen LogP contribution is -2.11. The first-order valence-electron chi connectivity index (χ1n) is 5.75. The Morgan fingerprint density at radius 3 is 2.55 bits per heavy atom. The second-order valence-electron chi connectivity index (χ2n) is 3.90. The summed E-state index contributed by atoms with van der Waals surface area (Å²) in [6, 6.07) is 9.84. The molecule has 20 heavy (non-hydrogen) atoms. The zero-order chi connectivity index (χ0) is 14.5. The van der Waals surface area contributed by atoms with E-state index in [1.54, 1.807) is 0 Å². The van der Waals surface area contributed by atoms with Crippen molar-refractivity contribution in [2.45, 2.75) is 0 Å². The number of methoxy groups -OCH3 is 1. The normalized spacial score (nSPS) is 9.90. The first-order chi connectivity index (χ1) is 9.65. The van der Waals surface area contributed by atoms with Gasteiger partial charge in [0, 0.05) is 5.56 Å². The summed E-state index contributed by atoms with van der Waals surface area (Å²) >= 11 is 0. The summed E-state index contributed by atoms with van der Waals surface area (Å²) < 4.78 is 23.6. The molecule has 0 aliphatic heterocycles. The predicted octanol–water partition coefficient (Wildman–Crippen LogP) is 2.87. The summed E-state index contributed by atoms with van der Waals surface area (Å²) in [7, 11) is 1.40. The first kappa shape index (κ1) is 13.7. The Hall–Kier alpha value is -2.69. The Bertz CT molecular complexity index is 652. The van der Waals surface area contributed by atoms with Crippen LogP contribution >= 0.6 is 0 Å². The fourth-order valence-electron chi connectivity index (χ4n) is 1.63. The Kier molecular flexibility index (Phi) is 4.10. The van der Waals surface area contributed by atoms with E-state index in [9.17, 15) is 14.0 Å². The van der Waals surface area contributed by atoms with Gasteiger partial charge in [-0.05, 0) is 30.3 Å². The van der Waals surface area contributed by atoms with Gasteiger partial charge in [0.05, 0.1) is 12.7 Å². The van der Waals surface area contributed by atoms with Crippen LogP contribution < -0.4 is 9.47 Å². The van der Waals surface area contributed by atoms with Crippen molar-refractivity contribution < 1.29 is 23.5 Å². The molecule has 0 atom stereocenters. The van der Waals surface area contributed by atoms with Gasteiger partial charge in [0.25, 0.3) is 0 Å². The molecule has 4 nitrogen and oxygen atoms in total. The van der Waals surface area contributed by atoms with Gasteiger partial charge in [-0.1, -0.05) is 12.1 Å². The summed E-state index contributed by atoms with van der Waals surface area (Å²) in [5.74, 6) is -1.20. The number of esters is 1. The molecule has 0 saturated heterocycles. The molecule has 2 aromatic rings. The third-order valence-electron chi connectivity index (χ3n) is 2.62. The predicted molar refractivity (Wildman–Crippen MR) is 69.7 cm³/mol. The fraction of sp³-hybridized carbons (Fsp3) is 0.0667. The topological polar surface area (TPSA) is 52.6 Å². The van der Waals surface area contributed by atoms with E-state index in [1.165, 1.54) is 43.5 Å². The highest BCUT2D eigenvalue weighted by atomic mass is 19.1. The molecule has 2 rings (SSSR count). The molecule has 0 bridgehead atoms. The van der Waals surface area contributed by atoms with E-state index >= 15 is 0 Å². The highest BCUT2D eigenvalue weighted by Gasteiger charge is 2.16. The number of rotatable bonds is 4. The zero-order valence-electron chi connectivity index (χ0n) is 10.6. The Balaban J connectivity index is 2.32. The highest BCUT2D eigenvalue weighted by Crippen LogP contribution is 2.28. The number of aldehydes is 1. The van der Waals surface area contributed by atoms with E-state index in [4.69, 9.17) is 9.47 Å². The standard InChI is InChI=1S/C15H11FO4/c1-19-13-7-6-10(9-17)8-14(13)20-15(18)11-4-2-3-5-12(11)16/h2-9H,1H3. The van der Waals surface area contributed by atoms with Gasteiger partial charge in [0.1, 0.15) is 12.1 Å². The van der Waals surface area contributed by atoms with Gasteiger partial charge in [-0.3, -0.25) is 4.79 Å². The molecule has 0 spiro atoms. The van der Waals surface area contributed by atoms with E-state index in [0.29, 0.717) is 11.8 Å². The molecule has 0 radical (unpaired) electrons. The Morgan fingerprint density at radius 2 is 1.90 bits per heavy atom. The first-order valence-corrected chi connectivity index (χ1v) is 5.75. The second-order valence-corrected chi connectivity index (χ2v) is 3.90. The maximum atomic E-state index is 13.5. The van der Waals surface area contributed by atoms with Crippen molar-refractivity contribution >= 4 is 12.3 Å². The van der Waals surface area contributed by atoms with Crippen LogP contribution in [-0.4, -0.2) is 19.4 Å². The van der Waals surface area contributed by atoms with Gasteiger partial charge in [0.2, 0.25) is 0 Å². The highest BCUT2D eigenvalue weighted by molar-refractivity contribution is 5.92. The summed E-state index contributed by atoms with van der Waals surface area (Å²) in [4.78, 5) is 22.6. The van der Waals surface area contributed by atoms with Gasteiger partial charge in [0.15, 0.2) is 11.5 Å². The van der Waals surface area contributed by atoms with Gasteiger partial charge in [-0.15, -0.1) is 0 Å². The molecule has 0 aliphatic carbocycles. The number of ether oxygens (including phenoxy) is 2. The minimum Gasteiger partial charge on any atom is -0.493 e. The van der Waals surface area contributed by atoms with Crippen molar-refractivity contribution in [2.75, 3.05) is 7.11 Å². The van der Waals surface area contributed by atoms with Crippen molar-refractivity contribution in [3.05, 3.63) is 59.4 Å². The van der Waals surface area contributed by atoms with Gasteiger partial charge >= 0.3 is 5.97 Å². The van der Waals surface area contributed by atoms with E-state index in [0.717, 1.165) is 6.07 Å². The van der Waals surface area contributed by atoms with Crippen molar-refractivity contribution in [3.8, 4) is 11.5 Å². The molecule has 0 N–H and O–H groups in total. The van der Waals surface area contributed by atoms with E-state index in [2.05, 4.69) is 0 Å². The molecular formula is C15H11FO4. The molecule has 2 aromatic carbocycles. The van der Waals surface area contributed by atoms with Crippen LogP contribution in [0.1, 0.15) is 20.7 Å².